The number of hydrogen-bond donors (Lipinski definition) is 0. The van der Waals surface area contributed by atoms with Gasteiger partial charge in [0.2, 0.25) is 5.91 Å². The molecule has 2 aromatic rings. The van der Waals surface area contributed by atoms with Crippen LogP contribution in [-0.2, 0) is 9.53 Å². The van der Waals surface area contributed by atoms with Crippen LogP contribution in [0.15, 0.2) is 41.3 Å². The lowest BCUT2D eigenvalue weighted by Gasteiger charge is -2.31. The van der Waals surface area contributed by atoms with Gasteiger partial charge in [-0.15, -0.1) is 0 Å². The molecule has 1 aromatic carbocycles. The highest BCUT2D eigenvalue weighted by Gasteiger charge is 2.50. The molecule has 3 heterocycles. The summed E-state index contributed by atoms with van der Waals surface area (Å²) in [4.78, 5) is 33.4. The highest BCUT2D eigenvalue weighted by molar-refractivity contribution is 5.92. The molecule has 0 radical (unpaired) electrons. The predicted octanol–water partition coefficient (Wildman–Crippen LogP) is 2.29. The van der Waals surface area contributed by atoms with Crippen molar-refractivity contribution in [1.29, 1.82) is 0 Å². The van der Waals surface area contributed by atoms with E-state index in [9.17, 15) is 9.59 Å². The number of aromatic nitrogens is 1. The third kappa shape index (κ3) is 3.30. The number of benzene rings is 1. The van der Waals surface area contributed by atoms with Crippen LogP contribution in [-0.4, -0.2) is 59.9 Å². The Morgan fingerprint density at radius 2 is 2.07 bits per heavy atom. The average Bonchev–Trinajstić information content (AvgIpc) is 3.42. The maximum atomic E-state index is 12.9. The number of hydrogen-bond acceptors (Lipinski definition) is 5. The largest absolute Gasteiger partial charge is 0.451 e. The Hall–Kier alpha value is -2.67. The van der Waals surface area contributed by atoms with Crippen molar-refractivity contribution in [1.82, 2.24) is 14.8 Å². The minimum absolute atomic E-state index is 0.0225. The molecule has 0 aliphatic carbocycles. The first kappa shape index (κ1) is 18.7. The number of aryl methyl sites for hydroxylation is 1. The number of oxazole rings is 1. The maximum absolute atomic E-state index is 12.9. The zero-order chi connectivity index (χ0) is 19.7. The van der Waals surface area contributed by atoms with Gasteiger partial charge in [0, 0.05) is 38.6 Å². The first-order chi connectivity index (χ1) is 13.6. The quantitative estimate of drug-likeness (QED) is 0.792. The van der Waals surface area contributed by atoms with E-state index in [0.29, 0.717) is 38.4 Å². The summed E-state index contributed by atoms with van der Waals surface area (Å²) >= 11 is 0. The van der Waals surface area contributed by atoms with E-state index in [2.05, 4.69) is 24.0 Å². The second kappa shape index (κ2) is 7.75. The van der Waals surface area contributed by atoms with Crippen molar-refractivity contribution < 1.29 is 18.7 Å². The molecule has 2 saturated heterocycles. The van der Waals surface area contributed by atoms with E-state index in [-0.39, 0.29) is 29.7 Å². The number of rotatable bonds is 5. The lowest BCUT2D eigenvalue weighted by Crippen LogP contribution is -2.38. The summed E-state index contributed by atoms with van der Waals surface area (Å²) in [7, 11) is 1.61. The summed E-state index contributed by atoms with van der Waals surface area (Å²) in [5.74, 6) is 0.471. The van der Waals surface area contributed by atoms with Crippen LogP contribution < -0.4 is 0 Å². The van der Waals surface area contributed by atoms with Gasteiger partial charge in [-0.25, -0.2) is 4.98 Å². The van der Waals surface area contributed by atoms with E-state index < -0.39 is 0 Å². The van der Waals surface area contributed by atoms with Crippen LogP contribution in [0.1, 0.15) is 34.1 Å². The van der Waals surface area contributed by atoms with Crippen LogP contribution in [0.5, 0.6) is 0 Å². The first-order valence-electron chi connectivity index (χ1n) is 9.61. The molecule has 7 nitrogen and oxygen atoms in total. The van der Waals surface area contributed by atoms with Gasteiger partial charge < -0.3 is 19.0 Å². The molecule has 4 rings (SSSR count). The summed E-state index contributed by atoms with van der Waals surface area (Å²) in [5.41, 5.74) is 2.66. The number of ether oxygens (including phenoxy) is 1. The van der Waals surface area contributed by atoms with Crippen LogP contribution in [0.2, 0.25) is 0 Å². The molecule has 7 heteroatoms. The SMILES string of the molecule is COCCC(=O)N1C[C@@H]2CN(C(=O)c3cocn3)C[C@@H]2[C@H]1c1ccccc1C. The van der Waals surface area contributed by atoms with Gasteiger partial charge in [0.15, 0.2) is 12.1 Å². The molecular formula is C21H25N3O4. The van der Waals surface area contributed by atoms with Crippen molar-refractivity contribution in [2.24, 2.45) is 11.8 Å². The molecule has 2 fully saturated rings. The molecule has 1 aromatic heterocycles. The summed E-state index contributed by atoms with van der Waals surface area (Å²) in [6.45, 7) is 4.40. The van der Waals surface area contributed by atoms with Gasteiger partial charge in [0.1, 0.15) is 6.26 Å². The van der Waals surface area contributed by atoms with Gasteiger partial charge in [-0.2, -0.15) is 0 Å². The molecule has 148 valence electrons. The van der Waals surface area contributed by atoms with Crippen LogP contribution in [0, 0.1) is 18.8 Å². The predicted molar refractivity (Wildman–Crippen MR) is 102 cm³/mol. The summed E-state index contributed by atoms with van der Waals surface area (Å²) < 4.78 is 10.1. The fraction of sp³-hybridized carbons (Fsp3) is 0.476. The Morgan fingerprint density at radius 1 is 1.25 bits per heavy atom. The van der Waals surface area contributed by atoms with Crippen LogP contribution in [0.25, 0.3) is 0 Å². The Balaban J connectivity index is 1.60. The second-order valence-corrected chi connectivity index (χ2v) is 7.60. The monoisotopic (exact) mass is 383 g/mol. The standard InChI is InChI=1S/C21H25N3O4/c1-14-5-3-4-6-16(14)20-17-11-23(21(26)18-12-28-13-22-18)9-15(17)10-24(20)19(25)7-8-27-2/h3-6,12-13,15,17,20H,7-11H2,1-2H3/t15-,17-,20+/m0/s1. The third-order valence-corrected chi connectivity index (χ3v) is 5.95. The van der Waals surface area contributed by atoms with Gasteiger partial charge >= 0.3 is 0 Å². The molecule has 0 saturated carbocycles. The van der Waals surface area contributed by atoms with E-state index >= 15 is 0 Å². The molecule has 3 atom stereocenters. The van der Waals surface area contributed by atoms with Crippen molar-refractivity contribution in [2.45, 2.75) is 19.4 Å². The summed E-state index contributed by atoms with van der Waals surface area (Å²) in [6, 6.07) is 8.18. The molecule has 0 bridgehead atoms. The molecule has 2 aliphatic rings. The minimum atomic E-state index is -0.107. The molecule has 2 aliphatic heterocycles. The van der Waals surface area contributed by atoms with Gasteiger partial charge in [-0.3, -0.25) is 9.59 Å². The van der Waals surface area contributed by atoms with E-state index in [1.165, 1.54) is 18.2 Å². The fourth-order valence-electron chi connectivity index (χ4n) is 4.60. The number of fused-ring (bicyclic) bond motifs is 1. The Labute approximate surface area is 164 Å². The van der Waals surface area contributed by atoms with Crippen molar-refractivity contribution in [3.8, 4) is 0 Å². The average molecular weight is 383 g/mol. The zero-order valence-corrected chi connectivity index (χ0v) is 16.2. The smallest absolute Gasteiger partial charge is 0.275 e. The van der Waals surface area contributed by atoms with E-state index in [1.807, 2.05) is 21.9 Å². The summed E-state index contributed by atoms with van der Waals surface area (Å²) in [5, 5.41) is 0. The highest BCUT2D eigenvalue weighted by Crippen LogP contribution is 2.46. The lowest BCUT2D eigenvalue weighted by molar-refractivity contribution is -0.133. The second-order valence-electron chi connectivity index (χ2n) is 7.60. The number of likely N-dealkylation sites (tertiary alicyclic amines) is 2. The van der Waals surface area contributed by atoms with Crippen molar-refractivity contribution >= 4 is 11.8 Å². The van der Waals surface area contributed by atoms with Crippen LogP contribution in [0.4, 0.5) is 0 Å². The number of carbonyl (C=O) groups excluding carboxylic acids is 2. The third-order valence-electron chi connectivity index (χ3n) is 5.95. The number of nitrogens with zero attached hydrogens (tertiary/aromatic N) is 3. The normalized spacial score (nSPS) is 23.9. The molecule has 2 amide bonds. The van der Waals surface area contributed by atoms with E-state index in [1.54, 1.807) is 7.11 Å². The van der Waals surface area contributed by atoms with Crippen molar-refractivity contribution in [3.05, 3.63) is 53.7 Å². The van der Waals surface area contributed by atoms with Crippen molar-refractivity contribution in [3.63, 3.8) is 0 Å². The Bertz CT molecular complexity index is 851. The van der Waals surface area contributed by atoms with Crippen LogP contribution in [0.3, 0.4) is 0 Å². The maximum Gasteiger partial charge on any atom is 0.275 e. The lowest BCUT2D eigenvalue weighted by atomic mass is 9.87. The highest BCUT2D eigenvalue weighted by atomic mass is 16.5. The van der Waals surface area contributed by atoms with Crippen LogP contribution >= 0.6 is 0 Å². The molecule has 0 spiro atoms. The Kier molecular flexibility index (Phi) is 5.17. The molecule has 28 heavy (non-hydrogen) atoms. The molecule has 0 unspecified atom stereocenters. The number of amides is 2. The first-order valence-corrected chi connectivity index (χ1v) is 9.61. The topological polar surface area (TPSA) is 75.9 Å². The van der Waals surface area contributed by atoms with E-state index in [4.69, 9.17) is 9.15 Å². The fourth-order valence-corrected chi connectivity index (χ4v) is 4.60. The molecule has 0 N–H and O–H groups in total. The van der Waals surface area contributed by atoms with Gasteiger partial charge in [-0.05, 0) is 18.1 Å². The van der Waals surface area contributed by atoms with Gasteiger partial charge in [0.05, 0.1) is 19.1 Å². The minimum Gasteiger partial charge on any atom is -0.451 e. The zero-order valence-electron chi connectivity index (χ0n) is 16.2. The van der Waals surface area contributed by atoms with E-state index in [0.717, 1.165) is 5.56 Å². The van der Waals surface area contributed by atoms with Gasteiger partial charge in [0.25, 0.3) is 5.91 Å². The summed E-state index contributed by atoms with van der Waals surface area (Å²) in [6.07, 6.45) is 3.03. The van der Waals surface area contributed by atoms with Crippen molar-refractivity contribution in [2.75, 3.05) is 33.4 Å². The molecular weight excluding hydrogens is 358 g/mol. The number of carbonyl (C=O) groups is 2. The van der Waals surface area contributed by atoms with Gasteiger partial charge in [-0.1, -0.05) is 24.3 Å². The number of methoxy groups -OCH3 is 1. The Morgan fingerprint density at radius 3 is 2.79 bits per heavy atom.